The minimum absolute atomic E-state index is 0.361. The summed E-state index contributed by atoms with van der Waals surface area (Å²) in [5, 5.41) is 4.21. The summed E-state index contributed by atoms with van der Waals surface area (Å²) >= 11 is 1.61. The molecule has 1 aliphatic heterocycles. The first-order valence-electron chi connectivity index (χ1n) is 4.88. The lowest BCUT2D eigenvalue weighted by atomic mass is 10.2. The SMILES string of the molecule is NCc1cnc(NCC2CCCO2)s1. The summed E-state index contributed by atoms with van der Waals surface area (Å²) in [5.41, 5.74) is 5.50. The third-order valence-electron chi connectivity index (χ3n) is 2.26. The van der Waals surface area contributed by atoms with Crippen molar-refractivity contribution in [2.24, 2.45) is 5.73 Å². The van der Waals surface area contributed by atoms with Gasteiger partial charge in [-0.2, -0.15) is 0 Å². The molecule has 0 bridgehead atoms. The zero-order valence-electron chi connectivity index (χ0n) is 8.03. The molecule has 2 heterocycles. The summed E-state index contributed by atoms with van der Waals surface area (Å²) in [7, 11) is 0. The molecular weight excluding hydrogens is 198 g/mol. The number of hydrogen-bond donors (Lipinski definition) is 2. The number of rotatable bonds is 4. The highest BCUT2D eigenvalue weighted by molar-refractivity contribution is 7.15. The van der Waals surface area contributed by atoms with Gasteiger partial charge in [-0.15, -0.1) is 11.3 Å². The molecule has 1 fully saturated rings. The van der Waals surface area contributed by atoms with Crippen molar-refractivity contribution < 1.29 is 4.74 Å². The van der Waals surface area contributed by atoms with E-state index in [4.69, 9.17) is 10.5 Å². The number of anilines is 1. The number of aromatic nitrogens is 1. The Kier molecular flexibility index (Phi) is 3.34. The van der Waals surface area contributed by atoms with Gasteiger partial charge in [-0.1, -0.05) is 0 Å². The Labute approximate surface area is 87.5 Å². The Morgan fingerprint density at radius 1 is 1.71 bits per heavy atom. The number of nitrogens with two attached hydrogens (primary N) is 1. The second-order valence-corrected chi connectivity index (χ2v) is 4.47. The van der Waals surface area contributed by atoms with E-state index >= 15 is 0 Å². The van der Waals surface area contributed by atoms with Gasteiger partial charge in [-0.25, -0.2) is 4.98 Å². The molecule has 1 aliphatic rings. The number of hydrogen-bond acceptors (Lipinski definition) is 5. The van der Waals surface area contributed by atoms with Crippen LogP contribution in [0.25, 0.3) is 0 Å². The van der Waals surface area contributed by atoms with Gasteiger partial charge < -0.3 is 15.8 Å². The lowest BCUT2D eigenvalue weighted by Gasteiger charge is -2.08. The van der Waals surface area contributed by atoms with Gasteiger partial charge in [0.15, 0.2) is 5.13 Å². The molecule has 1 aromatic rings. The van der Waals surface area contributed by atoms with Crippen LogP contribution in [-0.2, 0) is 11.3 Å². The Morgan fingerprint density at radius 2 is 2.64 bits per heavy atom. The quantitative estimate of drug-likeness (QED) is 0.789. The highest BCUT2D eigenvalue weighted by Gasteiger charge is 2.15. The average molecular weight is 213 g/mol. The van der Waals surface area contributed by atoms with E-state index in [2.05, 4.69) is 10.3 Å². The molecule has 4 nitrogen and oxygen atoms in total. The highest BCUT2D eigenvalue weighted by Crippen LogP contribution is 2.18. The summed E-state index contributed by atoms with van der Waals surface area (Å²) in [6.07, 6.45) is 4.52. The van der Waals surface area contributed by atoms with Crippen molar-refractivity contribution in [3.63, 3.8) is 0 Å². The second-order valence-electron chi connectivity index (χ2n) is 3.35. The van der Waals surface area contributed by atoms with Crippen molar-refractivity contribution >= 4 is 16.5 Å². The lowest BCUT2D eigenvalue weighted by Crippen LogP contribution is -2.18. The number of nitrogens with zero attached hydrogens (tertiary/aromatic N) is 1. The number of thiazole rings is 1. The molecule has 3 N–H and O–H groups in total. The fourth-order valence-electron chi connectivity index (χ4n) is 1.49. The van der Waals surface area contributed by atoms with Crippen LogP contribution in [-0.4, -0.2) is 24.2 Å². The van der Waals surface area contributed by atoms with Crippen molar-refractivity contribution in [2.45, 2.75) is 25.5 Å². The maximum absolute atomic E-state index is 5.50. The molecule has 0 aliphatic carbocycles. The Bertz CT molecular complexity index is 283. The molecule has 14 heavy (non-hydrogen) atoms. The average Bonchev–Trinajstić information content (AvgIpc) is 2.86. The third kappa shape index (κ3) is 2.43. The molecule has 0 amide bonds. The maximum Gasteiger partial charge on any atom is 0.182 e. The predicted octanol–water partition coefficient (Wildman–Crippen LogP) is 1.19. The van der Waals surface area contributed by atoms with Crippen LogP contribution in [0.2, 0.25) is 0 Å². The van der Waals surface area contributed by atoms with Gasteiger partial charge in [0, 0.05) is 30.8 Å². The molecule has 0 saturated carbocycles. The van der Waals surface area contributed by atoms with Crippen LogP contribution < -0.4 is 11.1 Å². The molecular formula is C9H15N3OS. The van der Waals surface area contributed by atoms with Crippen LogP contribution in [0.3, 0.4) is 0 Å². The van der Waals surface area contributed by atoms with Gasteiger partial charge in [0.25, 0.3) is 0 Å². The van der Waals surface area contributed by atoms with Gasteiger partial charge >= 0.3 is 0 Å². The van der Waals surface area contributed by atoms with Crippen molar-refractivity contribution in [2.75, 3.05) is 18.5 Å². The van der Waals surface area contributed by atoms with Crippen molar-refractivity contribution in [3.8, 4) is 0 Å². The van der Waals surface area contributed by atoms with E-state index in [1.165, 1.54) is 6.42 Å². The van der Waals surface area contributed by atoms with Gasteiger partial charge in [-0.3, -0.25) is 0 Å². The summed E-state index contributed by atoms with van der Waals surface area (Å²) in [5.74, 6) is 0. The zero-order chi connectivity index (χ0) is 9.80. The Balaban J connectivity index is 1.79. The first-order chi connectivity index (χ1) is 6.88. The number of ether oxygens (including phenoxy) is 1. The summed E-state index contributed by atoms with van der Waals surface area (Å²) < 4.78 is 5.50. The van der Waals surface area contributed by atoms with Crippen LogP contribution >= 0.6 is 11.3 Å². The molecule has 1 atom stereocenters. The van der Waals surface area contributed by atoms with E-state index in [0.29, 0.717) is 12.6 Å². The van der Waals surface area contributed by atoms with Gasteiger partial charge in [-0.05, 0) is 12.8 Å². The fourth-order valence-corrected chi connectivity index (χ4v) is 2.19. The molecule has 5 heteroatoms. The standard InChI is InChI=1S/C9H15N3OS/c10-4-8-6-12-9(14-8)11-5-7-2-1-3-13-7/h6-7H,1-5,10H2,(H,11,12). The largest absolute Gasteiger partial charge is 0.376 e. The van der Waals surface area contributed by atoms with Crippen molar-refractivity contribution in [1.82, 2.24) is 4.98 Å². The Morgan fingerprint density at radius 3 is 3.29 bits per heavy atom. The smallest absolute Gasteiger partial charge is 0.182 e. The van der Waals surface area contributed by atoms with Gasteiger partial charge in [0.05, 0.1) is 6.10 Å². The molecule has 2 rings (SSSR count). The summed E-state index contributed by atoms with van der Waals surface area (Å²) in [6.45, 7) is 2.33. The van der Waals surface area contributed by atoms with E-state index in [9.17, 15) is 0 Å². The topological polar surface area (TPSA) is 60.2 Å². The van der Waals surface area contributed by atoms with Crippen molar-refractivity contribution in [1.29, 1.82) is 0 Å². The Hall–Kier alpha value is -0.650. The molecule has 1 saturated heterocycles. The second kappa shape index (κ2) is 4.72. The van der Waals surface area contributed by atoms with Crippen LogP contribution in [0.4, 0.5) is 5.13 Å². The fraction of sp³-hybridized carbons (Fsp3) is 0.667. The van der Waals surface area contributed by atoms with Crippen molar-refractivity contribution in [3.05, 3.63) is 11.1 Å². The summed E-state index contributed by atoms with van der Waals surface area (Å²) in [4.78, 5) is 5.33. The first kappa shape index (κ1) is 9.89. The van der Waals surface area contributed by atoms with Gasteiger partial charge in [0.1, 0.15) is 0 Å². The third-order valence-corrected chi connectivity index (χ3v) is 3.24. The van der Waals surface area contributed by atoms with Crippen LogP contribution in [0, 0.1) is 0 Å². The van der Waals surface area contributed by atoms with Gasteiger partial charge in [0.2, 0.25) is 0 Å². The predicted molar refractivity (Wildman–Crippen MR) is 57.5 cm³/mol. The summed E-state index contributed by atoms with van der Waals surface area (Å²) in [6, 6.07) is 0. The molecule has 1 aromatic heterocycles. The lowest BCUT2D eigenvalue weighted by molar-refractivity contribution is 0.120. The number of nitrogens with one attached hydrogen (secondary N) is 1. The van der Waals surface area contributed by atoms with E-state index in [-0.39, 0.29) is 0 Å². The molecule has 1 unspecified atom stereocenters. The normalized spacial score (nSPS) is 21.4. The minimum Gasteiger partial charge on any atom is -0.376 e. The molecule has 78 valence electrons. The maximum atomic E-state index is 5.50. The molecule has 0 aromatic carbocycles. The highest BCUT2D eigenvalue weighted by atomic mass is 32.1. The van der Waals surface area contributed by atoms with Crippen LogP contribution in [0.5, 0.6) is 0 Å². The molecule has 0 radical (unpaired) electrons. The zero-order valence-corrected chi connectivity index (χ0v) is 8.85. The van der Waals surface area contributed by atoms with E-state index in [0.717, 1.165) is 29.6 Å². The van der Waals surface area contributed by atoms with E-state index in [1.807, 2.05) is 6.20 Å². The van der Waals surface area contributed by atoms with Crippen LogP contribution in [0.15, 0.2) is 6.20 Å². The molecule has 0 spiro atoms. The van der Waals surface area contributed by atoms with E-state index < -0.39 is 0 Å². The van der Waals surface area contributed by atoms with Crippen LogP contribution in [0.1, 0.15) is 17.7 Å². The minimum atomic E-state index is 0.361. The monoisotopic (exact) mass is 213 g/mol. The first-order valence-corrected chi connectivity index (χ1v) is 5.70. The van der Waals surface area contributed by atoms with E-state index in [1.54, 1.807) is 11.3 Å².